The molecule has 3 heteroatoms. The molecule has 0 aliphatic carbocycles. The van der Waals surface area contributed by atoms with Crippen molar-refractivity contribution >= 4 is 11.0 Å². The standard InChI is InChI=1S/C21H23NO2/c1-4-22(13-17-8-6-5-7-9-17)14-18-12-21(23)24-20-11-16(3)15(2)10-19(18)20/h5-12H,4,13-14H2,1-3H3/p+1. The Morgan fingerprint density at radius 1 is 0.958 bits per heavy atom. The minimum atomic E-state index is -0.268. The largest absolute Gasteiger partial charge is 0.423 e. The van der Waals surface area contributed by atoms with Crippen LogP contribution in [0.1, 0.15) is 29.2 Å². The van der Waals surface area contributed by atoms with Crippen LogP contribution in [0.3, 0.4) is 0 Å². The maximum Gasteiger partial charge on any atom is 0.336 e. The van der Waals surface area contributed by atoms with Crippen LogP contribution >= 0.6 is 0 Å². The Kier molecular flexibility index (Phi) is 4.81. The molecule has 0 fully saturated rings. The third-order valence-electron chi connectivity index (χ3n) is 4.68. The van der Waals surface area contributed by atoms with E-state index in [2.05, 4.69) is 44.2 Å². The van der Waals surface area contributed by atoms with Crippen molar-refractivity contribution in [2.45, 2.75) is 33.9 Å². The maximum absolute atomic E-state index is 12.0. The molecule has 1 unspecified atom stereocenters. The summed E-state index contributed by atoms with van der Waals surface area (Å²) in [4.78, 5) is 13.4. The molecule has 24 heavy (non-hydrogen) atoms. The second kappa shape index (κ2) is 7.02. The lowest BCUT2D eigenvalue weighted by Gasteiger charge is -2.18. The van der Waals surface area contributed by atoms with Crippen molar-refractivity contribution in [3.8, 4) is 0 Å². The lowest BCUT2D eigenvalue weighted by Crippen LogP contribution is -3.09. The Morgan fingerprint density at radius 3 is 2.38 bits per heavy atom. The van der Waals surface area contributed by atoms with Crippen molar-refractivity contribution in [2.24, 2.45) is 0 Å². The monoisotopic (exact) mass is 322 g/mol. The van der Waals surface area contributed by atoms with Gasteiger partial charge in [-0.3, -0.25) is 0 Å². The van der Waals surface area contributed by atoms with Crippen molar-refractivity contribution in [1.29, 1.82) is 0 Å². The van der Waals surface area contributed by atoms with Gasteiger partial charge in [-0.1, -0.05) is 30.3 Å². The van der Waals surface area contributed by atoms with E-state index in [-0.39, 0.29) is 5.63 Å². The van der Waals surface area contributed by atoms with Crippen molar-refractivity contribution in [3.63, 3.8) is 0 Å². The molecule has 0 amide bonds. The first-order chi connectivity index (χ1) is 11.6. The number of hydrogen-bond donors (Lipinski definition) is 1. The first kappa shape index (κ1) is 16.5. The molecule has 2 aromatic carbocycles. The zero-order valence-corrected chi connectivity index (χ0v) is 14.6. The van der Waals surface area contributed by atoms with Crippen molar-refractivity contribution in [2.75, 3.05) is 6.54 Å². The summed E-state index contributed by atoms with van der Waals surface area (Å²) in [5.74, 6) is 0. The number of rotatable bonds is 5. The summed E-state index contributed by atoms with van der Waals surface area (Å²) in [7, 11) is 0. The van der Waals surface area contributed by atoms with Crippen LogP contribution < -0.4 is 10.5 Å². The van der Waals surface area contributed by atoms with Gasteiger partial charge >= 0.3 is 5.63 Å². The van der Waals surface area contributed by atoms with Gasteiger partial charge in [-0.15, -0.1) is 0 Å². The van der Waals surface area contributed by atoms with Gasteiger partial charge in [0, 0.05) is 22.6 Å². The van der Waals surface area contributed by atoms with Gasteiger partial charge in [0.1, 0.15) is 18.7 Å². The van der Waals surface area contributed by atoms with Crippen molar-refractivity contribution < 1.29 is 9.32 Å². The zero-order valence-electron chi connectivity index (χ0n) is 14.6. The maximum atomic E-state index is 12.0. The zero-order chi connectivity index (χ0) is 17.1. The number of benzene rings is 2. The summed E-state index contributed by atoms with van der Waals surface area (Å²) in [5, 5.41) is 1.05. The van der Waals surface area contributed by atoms with E-state index in [4.69, 9.17) is 4.42 Å². The quantitative estimate of drug-likeness (QED) is 0.733. The molecule has 3 rings (SSSR count). The minimum Gasteiger partial charge on any atom is -0.423 e. The molecule has 0 spiro atoms. The van der Waals surface area contributed by atoms with Gasteiger partial charge in [0.25, 0.3) is 0 Å². The molecule has 0 saturated carbocycles. The Labute approximate surface area is 142 Å². The summed E-state index contributed by atoms with van der Waals surface area (Å²) in [6.45, 7) is 9.08. The lowest BCUT2D eigenvalue weighted by atomic mass is 10.0. The fraction of sp³-hybridized carbons (Fsp3) is 0.286. The lowest BCUT2D eigenvalue weighted by molar-refractivity contribution is -0.925. The number of nitrogens with one attached hydrogen (secondary N) is 1. The molecule has 0 saturated heterocycles. The van der Waals surface area contributed by atoms with Gasteiger partial charge in [0.05, 0.1) is 6.54 Å². The van der Waals surface area contributed by atoms with Crippen LogP contribution in [0.5, 0.6) is 0 Å². The SMILES string of the molecule is CC[NH+](Cc1ccccc1)Cc1cc(=O)oc2cc(C)c(C)cc12. The predicted molar refractivity (Wildman–Crippen MR) is 97.3 cm³/mol. The molecule has 3 aromatic rings. The van der Waals surface area contributed by atoms with Gasteiger partial charge in [-0.05, 0) is 44.0 Å². The topological polar surface area (TPSA) is 34.7 Å². The molecule has 0 aliphatic rings. The molecule has 3 nitrogen and oxygen atoms in total. The number of hydrogen-bond acceptors (Lipinski definition) is 2. The molecule has 0 radical (unpaired) electrons. The highest BCUT2D eigenvalue weighted by Gasteiger charge is 2.14. The summed E-state index contributed by atoms with van der Waals surface area (Å²) in [5.41, 5.74) is 5.17. The van der Waals surface area contributed by atoms with E-state index >= 15 is 0 Å². The summed E-state index contributed by atoms with van der Waals surface area (Å²) in [6.07, 6.45) is 0. The summed E-state index contributed by atoms with van der Waals surface area (Å²) in [6, 6.07) is 16.2. The van der Waals surface area contributed by atoms with Crippen LogP contribution in [-0.2, 0) is 13.1 Å². The van der Waals surface area contributed by atoms with E-state index in [1.54, 1.807) is 6.07 Å². The highest BCUT2D eigenvalue weighted by molar-refractivity contribution is 5.81. The molecular formula is C21H24NO2+. The van der Waals surface area contributed by atoms with Crippen LogP contribution in [0, 0.1) is 13.8 Å². The van der Waals surface area contributed by atoms with E-state index in [9.17, 15) is 4.79 Å². The molecule has 1 N–H and O–H groups in total. The van der Waals surface area contributed by atoms with Crippen LogP contribution in [-0.4, -0.2) is 6.54 Å². The predicted octanol–water partition coefficient (Wildman–Crippen LogP) is 3.01. The van der Waals surface area contributed by atoms with Gasteiger partial charge < -0.3 is 9.32 Å². The smallest absolute Gasteiger partial charge is 0.336 e. The van der Waals surface area contributed by atoms with E-state index in [0.29, 0.717) is 5.58 Å². The fourth-order valence-electron chi connectivity index (χ4n) is 3.10. The van der Waals surface area contributed by atoms with Crippen molar-refractivity contribution in [3.05, 3.63) is 81.2 Å². The van der Waals surface area contributed by atoms with Crippen LogP contribution in [0.2, 0.25) is 0 Å². The van der Waals surface area contributed by atoms with Gasteiger partial charge in [0.15, 0.2) is 0 Å². The third-order valence-corrected chi connectivity index (χ3v) is 4.68. The van der Waals surface area contributed by atoms with Crippen LogP contribution in [0.4, 0.5) is 0 Å². The number of quaternary nitrogens is 1. The molecule has 124 valence electrons. The number of fused-ring (bicyclic) bond motifs is 1. The summed E-state index contributed by atoms with van der Waals surface area (Å²) >= 11 is 0. The average molecular weight is 322 g/mol. The fourth-order valence-corrected chi connectivity index (χ4v) is 3.10. The highest BCUT2D eigenvalue weighted by atomic mass is 16.4. The van der Waals surface area contributed by atoms with E-state index in [1.807, 2.05) is 19.1 Å². The first-order valence-electron chi connectivity index (χ1n) is 8.48. The van der Waals surface area contributed by atoms with Crippen molar-refractivity contribution in [1.82, 2.24) is 0 Å². The Hall–Kier alpha value is -2.39. The normalized spacial score (nSPS) is 12.5. The third kappa shape index (κ3) is 3.57. The first-order valence-corrected chi connectivity index (χ1v) is 8.48. The average Bonchev–Trinajstić information content (AvgIpc) is 2.57. The minimum absolute atomic E-state index is 0.268. The van der Waals surface area contributed by atoms with Gasteiger partial charge in [-0.25, -0.2) is 4.79 Å². The van der Waals surface area contributed by atoms with Crippen LogP contribution in [0.25, 0.3) is 11.0 Å². The molecule has 0 bridgehead atoms. The van der Waals surface area contributed by atoms with Crippen LogP contribution in [0.15, 0.2) is 57.7 Å². The summed E-state index contributed by atoms with van der Waals surface area (Å²) < 4.78 is 5.41. The molecular weight excluding hydrogens is 298 g/mol. The highest BCUT2D eigenvalue weighted by Crippen LogP contribution is 2.21. The van der Waals surface area contributed by atoms with Gasteiger partial charge in [0.2, 0.25) is 0 Å². The second-order valence-electron chi connectivity index (χ2n) is 6.47. The molecule has 1 atom stereocenters. The number of aryl methyl sites for hydroxylation is 2. The van der Waals surface area contributed by atoms with Gasteiger partial charge in [-0.2, -0.15) is 0 Å². The molecule has 1 heterocycles. The van der Waals surface area contributed by atoms with E-state index < -0.39 is 0 Å². The Balaban J connectivity index is 1.96. The Bertz CT molecular complexity index is 897. The molecule has 0 aliphatic heterocycles. The van der Waals surface area contributed by atoms with E-state index in [1.165, 1.54) is 16.0 Å². The van der Waals surface area contributed by atoms with E-state index in [0.717, 1.165) is 36.1 Å². The Morgan fingerprint density at radius 2 is 1.67 bits per heavy atom. The molecule has 1 aromatic heterocycles. The second-order valence-corrected chi connectivity index (χ2v) is 6.47.